The van der Waals surface area contributed by atoms with Gasteiger partial charge in [0.15, 0.2) is 12.4 Å². The molecule has 3 heteroatoms. The maximum absolute atomic E-state index is 11.6. The van der Waals surface area contributed by atoms with Crippen LogP contribution in [-0.2, 0) is 9.53 Å². The van der Waals surface area contributed by atoms with Crippen LogP contribution < -0.4 is 0 Å². The van der Waals surface area contributed by atoms with Crippen molar-refractivity contribution >= 4 is 17.8 Å². The first-order valence-electron chi connectivity index (χ1n) is 6.24. The van der Waals surface area contributed by atoms with Gasteiger partial charge < -0.3 is 4.74 Å². The van der Waals surface area contributed by atoms with Gasteiger partial charge in [-0.15, -0.1) is 0 Å². The minimum absolute atomic E-state index is 0.252. The molecule has 0 heterocycles. The van der Waals surface area contributed by atoms with Crippen molar-refractivity contribution in [2.24, 2.45) is 0 Å². The van der Waals surface area contributed by atoms with Crippen molar-refractivity contribution in [3.8, 4) is 0 Å². The molecule has 2 aromatic rings. The standard InChI is InChI=1S/C17H14O3/c18-16(12-11-14-7-3-1-4-8-14)13-20-17(19)15-9-5-2-6-10-15/h1-12H,13H2/b12-11-. The Labute approximate surface area is 117 Å². The van der Waals surface area contributed by atoms with E-state index >= 15 is 0 Å². The Morgan fingerprint density at radius 2 is 1.50 bits per heavy atom. The zero-order valence-corrected chi connectivity index (χ0v) is 10.9. The van der Waals surface area contributed by atoms with Crippen molar-refractivity contribution in [3.05, 3.63) is 77.9 Å². The molecule has 0 aliphatic rings. The Morgan fingerprint density at radius 3 is 2.15 bits per heavy atom. The van der Waals surface area contributed by atoms with Crippen molar-refractivity contribution in [1.82, 2.24) is 0 Å². The maximum atomic E-state index is 11.6. The van der Waals surface area contributed by atoms with E-state index in [2.05, 4.69) is 0 Å². The van der Waals surface area contributed by atoms with E-state index in [4.69, 9.17) is 4.74 Å². The second-order valence-electron chi connectivity index (χ2n) is 4.15. The van der Waals surface area contributed by atoms with Gasteiger partial charge in [0.05, 0.1) is 5.56 Å². The molecule has 0 aliphatic carbocycles. The number of carbonyl (C=O) groups is 2. The SMILES string of the molecule is O=C(/C=C\c1ccccc1)COC(=O)c1ccccc1. The first-order valence-corrected chi connectivity index (χ1v) is 6.24. The smallest absolute Gasteiger partial charge is 0.338 e. The molecule has 0 atom stereocenters. The quantitative estimate of drug-likeness (QED) is 0.617. The molecule has 0 aromatic heterocycles. The average molecular weight is 266 g/mol. The zero-order chi connectivity index (χ0) is 14.2. The normalized spacial score (nSPS) is 10.4. The molecule has 2 rings (SSSR count). The summed E-state index contributed by atoms with van der Waals surface area (Å²) in [5, 5.41) is 0. The third kappa shape index (κ3) is 4.21. The van der Waals surface area contributed by atoms with Gasteiger partial charge in [-0.25, -0.2) is 4.79 Å². The van der Waals surface area contributed by atoms with Gasteiger partial charge in [-0.3, -0.25) is 4.79 Å². The van der Waals surface area contributed by atoms with Crippen LogP contribution in [0.5, 0.6) is 0 Å². The Hall–Kier alpha value is -2.68. The number of benzene rings is 2. The molecule has 0 aliphatic heterocycles. The summed E-state index contributed by atoms with van der Waals surface area (Å²) in [6.45, 7) is -0.253. The fourth-order valence-corrected chi connectivity index (χ4v) is 1.60. The Bertz CT molecular complexity index is 601. The van der Waals surface area contributed by atoms with Crippen LogP contribution in [0.15, 0.2) is 66.7 Å². The number of ether oxygens (including phenoxy) is 1. The number of hydrogen-bond acceptors (Lipinski definition) is 3. The molecule has 0 radical (unpaired) electrons. The van der Waals surface area contributed by atoms with E-state index in [1.54, 1.807) is 30.3 Å². The summed E-state index contributed by atoms with van der Waals surface area (Å²) in [5.41, 5.74) is 1.36. The van der Waals surface area contributed by atoms with E-state index in [9.17, 15) is 9.59 Å². The Morgan fingerprint density at radius 1 is 0.900 bits per heavy atom. The molecular formula is C17H14O3. The summed E-state index contributed by atoms with van der Waals surface area (Å²) in [6, 6.07) is 18.0. The van der Waals surface area contributed by atoms with Gasteiger partial charge in [0.1, 0.15) is 0 Å². The molecule has 0 bridgehead atoms. The zero-order valence-electron chi connectivity index (χ0n) is 10.9. The van der Waals surface area contributed by atoms with Crippen LogP contribution in [-0.4, -0.2) is 18.4 Å². The molecular weight excluding hydrogens is 252 g/mol. The predicted molar refractivity (Wildman–Crippen MR) is 77.2 cm³/mol. The van der Waals surface area contributed by atoms with Crippen LogP contribution >= 0.6 is 0 Å². The summed E-state index contributed by atoms with van der Waals surface area (Å²) >= 11 is 0. The summed E-state index contributed by atoms with van der Waals surface area (Å²) in [7, 11) is 0. The van der Waals surface area contributed by atoms with Crippen LogP contribution in [0.3, 0.4) is 0 Å². The highest BCUT2D eigenvalue weighted by molar-refractivity contribution is 5.97. The predicted octanol–water partition coefficient (Wildman–Crippen LogP) is 3.13. The van der Waals surface area contributed by atoms with E-state index < -0.39 is 5.97 Å². The average Bonchev–Trinajstić information content (AvgIpc) is 2.52. The fraction of sp³-hybridized carbons (Fsp3) is 0.0588. The minimum Gasteiger partial charge on any atom is -0.454 e. The van der Waals surface area contributed by atoms with Crippen molar-refractivity contribution in [3.63, 3.8) is 0 Å². The highest BCUT2D eigenvalue weighted by atomic mass is 16.5. The van der Waals surface area contributed by atoms with Crippen molar-refractivity contribution < 1.29 is 14.3 Å². The highest BCUT2D eigenvalue weighted by Gasteiger charge is 2.07. The lowest BCUT2D eigenvalue weighted by Gasteiger charge is -2.01. The van der Waals surface area contributed by atoms with Crippen molar-refractivity contribution in [2.45, 2.75) is 0 Å². The van der Waals surface area contributed by atoms with Crippen LogP contribution in [0.1, 0.15) is 15.9 Å². The number of esters is 1. The molecule has 100 valence electrons. The van der Waals surface area contributed by atoms with Crippen LogP contribution in [0.2, 0.25) is 0 Å². The molecule has 20 heavy (non-hydrogen) atoms. The largest absolute Gasteiger partial charge is 0.454 e. The molecule has 0 amide bonds. The molecule has 2 aromatic carbocycles. The number of carbonyl (C=O) groups excluding carboxylic acids is 2. The van der Waals surface area contributed by atoms with Gasteiger partial charge in [0.25, 0.3) is 0 Å². The third-order valence-corrected chi connectivity index (χ3v) is 2.62. The van der Waals surface area contributed by atoms with Crippen LogP contribution in [0, 0.1) is 0 Å². The maximum Gasteiger partial charge on any atom is 0.338 e. The van der Waals surface area contributed by atoms with E-state index in [-0.39, 0.29) is 12.4 Å². The van der Waals surface area contributed by atoms with Crippen LogP contribution in [0.25, 0.3) is 6.08 Å². The second-order valence-corrected chi connectivity index (χ2v) is 4.15. The van der Waals surface area contributed by atoms with Crippen LogP contribution in [0.4, 0.5) is 0 Å². The summed E-state index contributed by atoms with van der Waals surface area (Å²) in [5.74, 6) is -0.745. The molecule has 0 saturated carbocycles. The monoisotopic (exact) mass is 266 g/mol. The van der Waals surface area contributed by atoms with Gasteiger partial charge in [0, 0.05) is 0 Å². The summed E-state index contributed by atoms with van der Waals surface area (Å²) < 4.78 is 4.94. The van der Waals surface area contributed by atoms with Crippen molar-refractivity contribution in [1.29, 1.82) is 0 Å². The number of ketones is 1. The number of hydrogen-bond donors (Lipinski definition) is 0. The van der Waals surface area contributed by atoms with Gasteiger partial charge in [-0.2, -0.15) is 0 Å². The van der Waals surface area contributed by atoms with E-state index in [1.807, 2.05) is 36.4 Å². The van der Waals surface area contributed by atoms with Gasteiger partial charge in [-0.1, -0.05) is 54.6 Å². The first-order chi connectivity index (χ1) is 9.75. The second kappa shape index (κ2) is 7.04. The van der Waals surface area contributed by atoms with E-state index in [0.29, 0.717) is 5.56 Å². The molecule has 0 fully saturated rings. The van der Waals surface area contributed by atoms with Gasteiger partial charge in [0.2, 0.25) is 0 Å². The molecule has 0 spiro atoms. The lowest BCUT2D eigenvalue weighted by atomic mass is 10.2. The van der Waals surface area contributed by atoms with E-state index in [0.717, 1.165) is 5.56 Å². The lowest BCUT2D eigenvalue weighted by molar-refractivity contribution is -0.117. The van der Waals surface area contributed by atoms with Crippen molar-refractivity contribution in [2.75, 3.05) is 6.61 Å². The lowest BCUT2D eigenvalue weighted by Crippen LogP contribution is -2.12. The van der Waals surface area contributed by atoms with Gasteiger partial charge in [-0.05, 0) is 23.8 Å². The number of rotatable bonds is 5. The molecule has 0 N–H and O–H groups in total. The Balaban J connectivity index is 1.84. The summed E-state index contributed by atoms with van der Waals surface area (Å²) in [4.78, 5) is 23.2. The first kappa shape index (κ1) is 13.7. The minimum atomic E-state index is -0.493. The Kier molecular flexibility index (Phi) is 4.84. The fourth-order valence-electron chi connectivity index (χ4n) is 1.60. The molecule has 0 unspecified atom stereocenters. The van der Waals surface area contributed by atoms with E-state index in [1.165, 1.54) is 6.08 Å². The molecule has 0 saturated heterocycles. The highest BCUT2D eigenvalue weighted by Crippen LogP contribution is 2.03. The molecule has 3 nitrogen and oxygen atoms in total. The van der Waals surface area contributed by atoms with Gasteiger partial charge >= 0.3 is 5.97 Å². The third-order valence-electron chi connectivity index (χ3n) is 2.62. The topological polar surface area (TPSA) is 43.4 Å². The summed E-state index contributed by atoms with van der Waals surface area (Å²) in [6.07, 6.45) is 3.10.